The zero-order valence-electron chi connectivity index (χ0n) is 50.1. The van der Waals surface area contributed by atoms with Gasteiger partial charge in [0.05, 0.1) is 0 Å². The maximum atomic E-state index is 12.9. The van der Waals surface area contributed by atoms with Crippen molar-refractivity contribution in [1.29, 1.82) is 0 Å². The Morgan fingerprint density at radius 3 is 0.808 bits per heavy atom. The molecule has 0 aromatic carbocycles. The van der Waals surface area contributed by atoms with Gasteiger partial charge in [-0.2, -0.15) is 0 Å². The number of hydrogen-bond donors (Lipinski definition) is 0. The number of ether oxygens (including phenoxy) is 3. The molecule has 0 saturated heterocycles. The lowest BCUT2D eigenvalue weighted by Crippen LogP contribution is -2.30. The molecule has 0 spiro atoms. The highest BCUT2D eigenvalue weighted by molar-refractivity contribution is 5.71. The summed E-state index contributed by atoms with van der Waals surface area (Å²) in [5, 5.41) is 0. The first-order valence-electron chi connectivity index (χ1n) is 31.5. The average molecular weight is 1080 g/mol. The molecule has 0 N–H and O–H groups in total. The molecule has 78 heavy (non-hydrogen) atoms. The summed E-state index contributed by atoms with van der Waals surface area (Å²) in [6, 6.07) is 0. The maximum absolute atomic E-state index is 12.9. The Labute approximate surface area is 480 Å². The second-order valence-electron chi connectivity index (χ2n) is 20.2. The van der Waals surface area contributed by atoms with Crippen molar-refractivity contribution >= 4 is 17.9 Å². The van der Waals surface area contributed by atoms with Gasteiger partial charge in [0.2, 0.25) is 0 Å². The molecule has 0 radical (unpaired) electrons. The van der Waals surface area contributed by atoms with E-state index >= 15 is 0 Å². The first-order valence-corrected chi connectivity index (χ1v) is 31.5. The summed E-state index contributed by atoms with van der Waals surface area (Å²) in [5.41, 5.74) is 0. The van der Waals surface area contributed by atoms with E-state index in [1.54, 1.807) is 0 Å². The Morgan fingerprint density at radius 2 is 0.500 bits per heavy atom. The summed E-state index contributed by atoms with van der Waals surface area (Å²) in [6.07, 6.45) is 93.9. The van der Waals surface area contributed by atoms with Crippen LogP contribution in [0.4, 0.5) is 0 Å². The summed E-state index contributed by atoms with van der Waals surface area (Å²) >= 11 is 0. The van der Waals surface area contributed by atoms with E-state index in [4.69, 9.17) is 14.2 Å². The highest BCUT2D eigenvalue weighted by Gasteiger charge is 2.19. The second-order valence-corrected chi connectivity index (χ2v) is 20.2. The van der Waals surface area contributed by atoms with Gasteiger partial charge in [-0.3, -0.25) is 14.4 Å². The highest BCUT2D eigenvalue weighted by Crippen LogP contribution is 2.13. The average Bonchev–Trinajstić information content (AvgIpc) is 3.44. The molecular weight excluding hydrogens is 961 g/mol. The van der Waals surface area contributed by atoms with Crippen LogP contribution in [-0.4, -0.2) is 37.2 Å². The molecular formula is C72H114O6. The number of allylic oxidation sites excluding steroid dienone is 26. The minimum absolute atomic E-state index is 0.113. The molecule has 0 saturated carbocycles. The summed E-state index contributed by atoms with van der Waals surface area (Å²) < 4.78 is 16.8. The minimum atomic E-state index is -0.816. The van der Waals surface area contributed by atoms with Gasteiger partial charge in [-0.1, -0.05) is 249 Å². The van der Waals surface area contributed by atoms with Gasteiger partial charge in [0.1, 0.15) is 13.2 Å². The fourth-order valence-electron chi connectivity index (χ4n) is 8.09. The lowest BCUT2D eigenvalue weighted by atomic mass is 10.1. The molecule has 1 unspecified atom stereocenters. The Hall–Kier alpha value is -4.97. The van der Waals surface area contributed by atoms with Crippen LogP contribution in [0.5, 0.6) is 0 Å². The van der Waals surface area contributed by atoms with Crippen molar-refractivity contribution in [3.8, 4) is 0 Å². The van der Waals surface area contributed by atoms with E-state index in [2.05, 4.69) is 179 Å². The summed E-state index contributed by atoms with van der Waals surface area (Å²) in [4.78, 5) is 38.2. The Kier molecular flexibility index (Phi) is 60.4. The van der Waals surface area contributed by atoms with Crippen molar-refractivity contribution in [2.45, 2.75) is 264 Å². The zero-order chi connectivity index (χ0) is 56.4. The van der Waals surface area contributed by atoms with E-state index in [0.29, 0.717) is 19.3 Å². The monoisotopic (exact) mass is 1070 g/mol. The molecule has 0 fully saturated rings. The van der Waals surface area contributed by atoms with Crippen LogP contribution >= 0.6 is 0 Å². The van der Waals surface area contributed by atoms with Crippen molar-refractivity contribution in [3.63, 3.8) is 0 Å². The number of carbonyl (C=O) groups excluding carboxylic acids is 3. The Balaban J connectivity index is 4.42. The minimum Gasteiger partial charge on any atom is -0.462 e. The topological polar surface area (TPSA) is 78.9 Å². The van der Waals surface area contributed by atoms with E-state index in [1.807, 2.05) is 0 Å². The van der Waals surface area contributed by atoms with Gasteiger partial charge >= 0.3 is 17.9 Å². The van der Waals surface area contributed by atoms with Crippen LogP contribution in [0.2, 0.25) is 0 Å². The van der Waals surface area contributed by atoms with Crippen molar-refractivity contribution in [3.05, 3.63) is 158 Å². The molecule has 0 aliphatic rings. The van der Waals surface area contributed by atoms with Crippen molar-refractivity contribution in [2.75, 3.05) is 13.2 Å². The summed E-state index contributed by atoms with van der Waals surface area (Å²) in [6.45, 7) is 6.34. The van der Waals surface area contributed by atoms with Gasteiger partial charge in [0, 0.05) is 19.3 Å². The molecule has 1 atom stereocenters. The predicted molar refractivity (Wildman–Crippen MR) is 338 cm³/mol. The Bertz CT molecular complexity index is 1760. The molecule has 0 rings (SSSR count). The number of carbonyl (C=O) groups is 3. The van der Waals surface area contributed by atoms with Gasteiger partial charge < -0.3 is 14.2 Å². The van der Waals surface area contributed by atoms with Crippen LogP contribution in [0.1, 0.15) is 258 Å². The van der Waals surface area contributed by atoms with Gasteiger partial charge in [0.25, 0.3) is 0 Å². The predicted octanol–water partition coefficient (Wildman–Crippen LogP) is 21.7. The molecule has 0 bridgehead atoms. The fourth-order valence-corrected chi connectivity index (χ4v) is 8.09. The number of rotatable bonds is 55. The van der Waals surface area contributed by atoms with Crippen molar-refractivity contribution in [2.24, 2.45) is 0 Å². The summed E-state index contributed by atoms with van der Waals surface area (Å²) in [7, 11) is 0. The number of hydrogen-bond acceptors (Lipinski definition) is 6. The van der Waals surface area contributed by atoms with Crippen LogP contribution in [0, 0.1) is 0 Å². The molecule has 0 heterocycles. The lowest BCUT2D eigenvalue weighted by Gasteiger charge is -2.18. The van der Waals surface area contributed by atoms with Crippen LogP contribution < -0.4 is 0 Å². The molecule has 438 valence electrons. The van der Waals surface area contributed by atoms with Crippen LogP contribution in [0.25, 0.3) is 0 Å². The number of unbranched alkanes of at least 4 members (excludes halogenated alkanes) is 18. The van der Waals surface area contributed by atoms with Gasteiger partial charge in [0.15, 0.2) is 6.10 Å². The van der Waals surface area contributed by atoms with Crippen LogP contribution in [0.3, 0.4) is 0 Å². The highest BCUT2D eigenvalue weighted by atomic mass is 16.6. The van der Waals surface area contributed by atoms with Crippen molar-refractivity contribution in [1.82, 2.24) is 0 Å². The van der Waals surface area contributed by atoms with Crippen molar-refractivity contribution < 1.29 is 28.6 Å². The quantitative estimate of drug-likeness (QED) is 0.0261. The molecule has 0 aliphatic carbocycles. The smallest absolute Gasteiger partial charge is 0.306 e. The summed E-state index contributed by atoms with van der Waals surface area (Å²) in [5.74, 6) is -0.986. The first kappa shape index (κ1) is 73.0. The molecule has 6 nitrogen and oxygen atoms in total. The molecule has 0 amide bonds. The van der Waals surface area contributed by atoms with E-state index in [-0.39, 0.29) is 31.1 Å². The zero-order valence-corrected chi connectivity index (χ0v) is 50.1. The third-order valence-electron chi connectivity index (χ3n) is 12.7. The van der Waals surface area contributed by atoms with E-state index in [9.17, 15) is 14.4 Å². The third kappa shape index (κ3) is 61.9. The van der Waals surface area contributed by atoms with E-state index in [0.717, 1.165) is 161 Å². The number of esters is 3. The molecule has 0 aromatic rings. The van der Waals surface area contributed by atoms with E-state index < -0.39 is 6.10 Å². The van der Waals surface area contributed by atoms with E-state index in [1.165, 1.54) is 57.8 Å². The van der Waals surface area contributed by atoms with Gasteiger partial charge in [-0.05, 0) is 148 Å². The molecule has 0 aliphatic heterocycles. The largest absolute Gasteiger partial charge is 0.462 e. The standard InChI is InChI=1S/C72H114O6/c1-4-7-10-13-16-19-22-25-27-29-30-31-32-33-34-35-36-37-38-39-40-41-42-43-45-47-50-53-56-59-62-65-71(74)77-68-69(67-76-70(73)64-61-58-55-52-49-46-24-21-18-15-12-9-6-3)78-72(75)66-63-60-57-54-51-48-44-28-26-23-20-17-14-11-8-5-2/h7,9-10,12,16,18-19,21,25,27-28,30-31,33-34,36-37,39-40,42-44,46-47,49-50,69H,4-6,8,11,13-15,17,20,22-24,26,29,32,35,38,41,45,48,51-68H2,1-3H3/b10-7-,12-9-,19-16-,21-18-,27-25-,31-30-,34-33-,37-36-,40-39-,43-42-,44-28-,49-46-,50-47-. The normalized spacial score (nSPS) is 13.2. The fraction of sp³-hybridized carbons (Fsp3) is 0.597. The first-order chi connectivity index (χ1) is 38.5. The van der Waals surface area contributed by atoms with Crippen LogP contribution in [0.15, 0.2) is 158 Å². The lowest BCUT2D eigenvalue weighted by molar-refractivity contribution is -0.167. The SMILES string of the molecule is CC/C=C\C/C=C\C/C=C\C/C=C\C/C=C\C/C=C\C/C=C\C/C=C\C/C=C\CCCCCC(=O)OCC(COC(=O)CCCCC/C=C\C/C=C\C/C=C\CC)OC(=O)CCCCCCC/C=C\CCCCCCCCC. The maximum Gasteiger partial charge on any atom is 0.306 e. The third-order valence-corrected chi connectivity index (χ3v) is 12.7. The molecule has 0 aromatic heterocycles. The Morgan fingerprint density at radius 1 is 0.269 bits per heavy atom. The van der Waals surface area contributed by atoms with Gasteiger partial charge in [-0.25, -0.2) is 0 Å². The van der Waals surface area contributed by atoms with Gasteiger partial charge in [-0.15, -0.1) is 0 Å². The molecule has 6 heteroatoms. The second kappa shape index (κ2) is 64.6. The van der Waals surface area contributed by atoms with Crippen LogP contribution in [-0.2, 0) is 28.6 Å².